The summed E-state index contributed by atoms with van der Waals surface area (Å²) in [5.41, 5.74) is 2.40. The van der Waals surface area contributed by atoms with Crippen molar-refractivity contribution >= 4 is 16.8 Å². The van der Waals surface area contributed by atoms with Crippen LogP contribution in [0.1, 0.15) is 24.8 Å². The third-order valence-electron chi connectivity index (χ3n) is 6.22. The molecule has 0 aliphatic carbocycles. The first kappa shape index (κ1) is 20.3. The Kier molecular flexibility index (Phi) is 6.47. The standard InChI is InChI=1S/C22H32N4O3/c1-18-2-3-20-19(14-18)15-24-26(20)7-4-21(27)23-16-22(5-10-28-11-6-22)17-25-8-12-29-13-9-25/h2-3,14-15H,4-13,16-17H2,1H3,(H,23,27). The van der Waals surface area contributed by atoms with Gasteiger partial charge in [-0.15, -0.1) is 0 Å². The highest BCUT2D eigenvalue weighted by molar-refractivity contribution is 5.80. The largest absolute Gasteiger partial charge is 0.381 e. The molecule has 2 fully saturated rings. The van der Waals surface area contributed by atoms with E-state index in [1.807, 2.05) is 10.9 Å². The van der Waals surface area contributed by atoms with E-state index in [1.54, 1.807) is 0 Å². The molecule has 2 aliphatic rings. The van der Waals surface area contributed by atoms with Crippen LogP contribution in [-0.2, 0) is 20.8 Å². The molecule has 7 heteroatoms. The molecule has 0 bridgehead atoms. The van der Waals surface area contributed by atoms with Crippen molar-refractivity contribution in [3.05, 3.63) is 30.0 Å². The molecule has 2 aliphatic heterocycles. The first-order valence-electron chi connectivity index (χ1n) is 10.7. The third-order valence-corrected chi connectivity index (χ3v) is 6.22. The van der Waals surface area contributed by atoms with Crippen molar-refractivity contribution < 1.29 is 14.3 Å². The Bertz CT molecular complexity index is 823. The highest BCUT2D eigenvalue weighted by Crippen LogP contribution is 2.31. The van der Waals surface area contributed by atoms with Gasteiger partial charge in [0.05, 0.1) is 31.5 Å². The molecule has 1 aromatic carbocycles. The lowest BCUT2D eigenvalue weighted by Crippen LogP contribution is -2.50. The molecule has 7 nitrogen and oxygen atoms in total. The summed E-state index contributed by atoms with van der Waals surface area (Å²) in [6.45, 7) is 9.50. The fourth-order valence-corrected chi connectivity index (χ4v) is 4.40. The molecule has 158 valence electrons. The second-order valence-electron chi connectivity index (χ2n) is 8.46. The van der Waals surface area contributed by atoms with Crippen LogP contribution in [0.4, 0.5) is 0 Å². The number of carbonyl (C=O) groups excluding carboxylic acids is 1. The predicted octanol–water partition coefficient (Wildman–Crippen LogP) is 1.98. The van der Waals surface area contributed by atoms with Crippen LogP contribution in [-0.4, -0.2) is 73.2 Å². The minimum absolute atomic E-state index is 0.0913. The molecule has 29 heavy (non-hydrogen) atoms. The Morgan fingerprint density at radius 1 is 1.17 bits per heavy atom. The summed E-state index contributed by atoms with van der Waals surface area (Å²) in [5, 5.41) is 8.78. The molecular weight excluding hydrogens is 368 g/mol. The monoisotopic (exact) mass is 400 g/mol. The van der Waals surface area contributed by atoms with E-state index in [2.05, 4.69) is 40.4 Å². The van der Waals surface area contributed by atoms with Gasteiger partial charge in [0.1, 0.15) is 0 Å². The Balaban J connectivity index is 1.31. The first-order chi connectivity index (χ1) is 14.1. The quantitative estimate of drug-likeness (QED) is 0.770. The smallest absolute Gasteiger partial charge is 0.221 e. The lowest BCUT2D eigenvalue weighted by atomic mass is 9.79. The number of ether oxygens (including phenoxy) is 2. The van der Waals surface area contributed by atoms with Crippen LogP contribution >= 0.6 is 0 Å². The SMILES string of the molecule is Cc1ccc2c(cnn2CCC(=O)NCC2(CN3CCOCC3)CCOCC2)c1. The lowest BCUT2D eigenvalue weighted by molar-refractivity contribution is -0.122. The summed E-state index contributed by atoms with van der Waals surface area (Å²) < 4.78 is 13.0. The normalized spacial score (nSPS) is 20.0. The van der Waals surface area contributed by atoms with Crippen molar-refractivity contribution in [2.75, 3.05) is 52.6 Å². The predicted molar refractivity (Wildman–Crippen MR) is 112 cm³/mol. The zero-order valence-electron chi connectivity index (χ0n) is 17.4. The average Bonchev–Trinajstić information content (AvgIpc) is 3.14. The van der Waals surface area contributed by atoms with Gasteiger partial charge in [-0.3, -0.25) is 14.4 Å². The second-order valence-corrected chi connectivity index (χ2v) is 8.46. The third kappa shape index (κ3) is 5.15. The van der Waals surface area contributed by atoms with Gasteiger partial charge >= 0.3 is 0 Å². The molecule has 0 saturated carbocycles. The molecule has 0 unspecified atom stereocenters. The van der Waals surface area contributed by atoms with Crippen LogP contribution in [0.5, 0.6) is 0 Å². The zero-order chi connectivity index (χ0) is 20.1. The van der Waals surface area contributed by atoms with E-state index in [0.717, 1.165) is 69.8 Å². The van der Waals surface area contributed by atoms with Crippen molar-refractivity contribution in [1.82, 2.24) is 20.0 Å². The van der Waals surface area contributed by atoms with E-state index in [4.69, 9.17) is 9.47 Å². The molecule has 2 saturated heterocycles. The van der Waals surface area contributed by atoms with Crippen molar-refractivity contribution in [2.24, 2.45) is 5.41 Å². The number of aryl methyl sites for hydroxylation is 2. The number of hydrogen-bond donors (Lipinski definition) is 1. The molecule has 3 heterocycles. The molecule has 0 spiro atoms. The van der Waals surface area contributed by atoms with Gasteiger partial charge in [0.2, 0.25) is 5.91 Å². The first-order valence-corrected chi connectivity index (χ1v) is 10.7. The van der Waals surface area contributed by atoms with E-state index in [1.165, 1.54) is 5.56 Å². The number of fused-ring (bicyclic) bond motifs is 1. The number of nitrogens with one attached hydrogen (secondary N) is 1. The summed E-state index contributed by atoms with van der Waals surface area (Å²) in [7, 11) is 0. The van der Waals surface area contributed by atoms with Crippen LogP contribution in [0, 0.1) is 12.3 Å². The van der Waals surface area contributed by atoms with E-state index < -0.39 is 0 Å². The van der Waals surface area contributed by atoms with Gasteiger partial charge in [-0.25, -0.2) is 0 Å². The summed E-state index contributed by atoms with van der Waals surface area (Å²) in [5.74, 6) is 0.0913. The number of benzene rings is 1. The van der Waals surface area contributed by atoms with Gasteiger partial charge in [0, 0.05) is 56.6 Å². The molecule has 4 rings (SSSR count). The Labute approximate surface area is 172 Å². The van der Waals surface area contributed by atoms with Gasteiger partial charge in [-0.1, -0.05) is 11.6 Å². The summed E-state index contributed by atoms with van der Waals surface area (Å²) in [6.07, 6.45) is 4.30. The van der Waals surface area contributed by atoms with E-state index in [0.29, 0.717) is 19.5 Å². The fourth-order valence-electron chi connectivity index (χ4n) is 4.40. The molecule has 1 aromatic heterocycles. The number of hydrogen-bond acceptors (Lipinski definition) is 5. The Morgan fingerprint density at radius 3 is 2.72 bits per heavy atom. The molecule has 1 amide bonds. The number of morpholine rings is 1. The lowest BCUT2D eigenvalue weighted by Gasteiger charge is -2.42. The van der Waals surface area contributed by atoms with Crippen molar-refractivity contribution in [2.45, 2.75) is 32.7 Å². The van der Waals surface area contributed by atoms with Crippen LogP contribution in [0.15, 0.2) is 24.4 Å². The van der Waals surface area contributed by atoms with Gasteiger partial charge in [-0.05, 0) is 31.9 Å². The van der Waals surface area contributed by atoms with Crippen molar-refractivity contribution in [3.63, 3.8) is 0 Å². The molecule has 1 N–H and O–H groups in total. The van der Waals surface area contributed by atoms with Crippen LogP contribution in [0.2, 0.25) is 0 Å². The summed E-state index contributed by atoms with van der Waals surface area (Å²) >= 11 is 0. The van der Waals surface area contributed by atoms with Crippen LogP contribution < -0.4 is 5.32 Å². The number of carbonyl (C=O) groups is 1. The average molecular weight is 401 g/mol. The molecule has 0 radical (unpaired) electrons. The summed E-state index contributed by atoms with van der Waals surface area (Å²) in [4.78, 5) is 15.1. The maximum atomic E-state index is 12.6. The maximum absolute atomic E-state index is 12.6. The number of nitrogens with zero attached hydrogens (tertiary/aromatic N) is 3. The number of rotatable bonds is 7. The zero-order valence-corrected chi connectivity index (χ0v) is 17.4. The molecular formula is C22H32N4O3. The van der Waals surface area contributed by atoms with Gasteiger partial charge in [-0.2, -0.15) is 5.10 Å². The van der Waals surface area contributed by atoms with Crippen molar-refractivity contribution in [1.29, 1.82) is 0 Å². The maximum Gasteiger partial charge on any atom is 0.221 e. The van der Waals surface area contributed by atoms with E-state index >= 15 is 0 Å². The van der Waals surface area contributed by atoms with Gasteiger partial charge < -0.3 is 14.8 Å². The molecule has 0 atom stereocenters. The van der Waals surface area contributed by atoms with Crippen LogP contribution in [0.3, 0.4) is 0 Å². The number of amides is 1. The van der Waals surface area contributed by atoms with Gasteiger partial charge in [0.25, 0.3) is 0 Å². The van der Waals surface area contributed by atoms with Crippen LogP contribution in [0.25, 0.3) is 10.9 Å². The topological polar surface area (TPSA) is 68.6 Å². The highest BCUT2D eigenvalue weighted by Gasteiger charge is 2.35. The van der Waals surface area contributed by atoms with E-state index in [9.17, 15) is 4.79 Å². The Hall–Kier alpha value is -1.96. The Morgan fingerprint density at radius 2 is 1.93 bits per heavy atom. The van der Waals surface area contributed by atoms with Gasteiger partial charge in [0.15, 0.2) is 0 Å². The minimum atomic E-state index is 0.0913. The summed E-state index contributed by atoms with van der Waals surface area (Å²) in [6, 6.07) is 6.29. The molecule has 2 aromatic rings. The van der Waals surface area contributed by atoms with Crippen molar-refractivity contribution in [3.8, 4) is 0 Å². The second kappa shape index (κ2) is 9.24. The highest BCUT2D eigenvalue weighted by atomic mass is 16.5. The van der Waals surface area contributed by atoms with E-state index in [-0.39, 0.29) is 11.3 Å². The fraction of sp³-hybridized carbons (Fsp3) is 0.636. The number of aromatic nitrogens is 2. The minimum Gasteiger partial charge on any atom is -0.381 e.